The van der Waals surface area contributed by atoms with Crippen LogP contribution in [0.5, 0.6) is 0 Å². The highest BCUT2D eigenvalue weighted by Crippen LogP contribution is 2.29. The van der Waals surface area contributed by atoms with Crippen molar-refractivity contribution in [3.05, 3.63) is 59.3 Å². The van der Waals surface area contributed by atoms with E-state index < -0.39 is 5.97 Å². The van der Waals surface area contributed by atoms with Crippen LogP contribution >= 0.6 is 11.8 Å². The third-order valence-corrected chi connectivity index (χ3v) is 3.15. The first-order chi connectivity index (χ1) is 8.81. The van der Waals surface area contributed by atoms with E-state index in [2.05, 4.69) is 15.2 Å². The Kier molecular flexibility index (Phi) is 4.03. The lowest BCUT2D eigenvalue weighted by atomic mass is 10.3. The molecule has 90 valence electrons. The van der Waals surface area contributed by atoms with Crippen molar-refractivity contribution in [1.82, 2.24) is 4.98 Å². The van der Waals surface area contributed by atoms with E-state index >= 15 is 0 Å². The highest BCUT2D eigenvalue weighted by molar-refractivity contribution is 7.99. The minimum absolute atomic E-state index is 0.262. The van der Waals surface area contributed by atoms with E-state index in [1.807, 2.05) is 30.3 Å². The fraction of sp³-hybridized carbons (Fsp3) is 0. The molecule has 0 aliphatic carbocycles. The molecule has 1 aromatic carbocycles. The summed E-state index contributed by atoms with van der Waals surface area (Å²) < 4.78 is 0. The Hall–Kier alpha value is -2.21. The van der Waals surface area contributed by atoms with Gasteiger partial charge in [-0.2, -0.15) is 0 Å². The van der Waals surface area contributed by atoms with Gasteiger partial charge in [0.25, 0.3) is 0 Å². The van der Waals surface area contributed by atoms with Crippen molar-refractivity contribution in [2.75, 3.05) is 0 Å². The van der Waals surface area contributed by atoms with Gasteiger partial charge in [0.05, 0.1) is 5.56 Å². The largest absolute Gasteiger partial charge is 0.370 e. The molecule has 0 radical (unpaired) electrons. The van der Waals surface area contributed by atoms with Gasteiger partial charge in [-0.25, -0.2) is 4.79 Å². The quantitative estimate of drug-likeness (QED) is 0.624. The molecule has 0 saturated heterocycles. The number of benzene rings is 1. The summed E-state index contributed by atoms with van der Waals surface area (Å²) in [6.45, 7) is 0. The maximum atomic E-state index is 11.5. The molecule has 0 atom stereocenters. The number of rotatable bonds is 4. The Bertz CT molecular complexity index is 560. The summed E-state index contributed by atoms with van der Waals surface area (Å²) in [5.74, 6) is -0.786. The van der Waals surface area contributed by atoms with Crippen molar-refractivity contribution in [3.63, 3.8) is 0 Å². The van der Waals surface area contributed by atoms with Gasteiger partial charge in [0.2, 0.25) is 0 Å². The average molecular weight is 260 g/mol. The number of carbonyl (C=O) groups excluding carboxylic acids is 1. The second-order valence-corrected chi connectivity index (χ2v) is 4.36. The Morgan fingerprint density at radius 3 is 2.72 bits per heavy atom. The van der Waals surface area contributed by atoms with Crippen LogP contribution in [0.1, 0.15) is 10.4 Å². The molecule has 18 heavy (non-hydrogen) atoms. The van der Waals surface area contributed by atoms with Crippen LogP contribution in [0.2, 0.25) is 0 Å². The standard InChI is InChI=1S/C12H8N2O3S/c15-12(17-14-16)10-6-7-13-8-11(10)18-9-4-2-1-3-5-9/h1-8H. The first-order valence-electron chi connectivity index (χ1n) is 5.02. The van der Waals surface area contributed by atoms with Gasteiger partial charge >= 0.3 is 5.97 Å². The predicted molar refractivity (Wildman–Crippen MR) is 66.0 cm³/mol. The summed E-state index contributed by atoms with van der Waals surface area (Å²) in [6.07, 6.45) is 3.00. The Morgan fingerprint density at radius 1 is 1.22 bits per heavy atom. The average Bonchev–Trinajstić information content (AvgIpc) is 2.41. The predicted octanol–water partition coefficient (Wildman–Crippen LogP) is 3.07. The number of nitrogens with zero attached hydrogens (tertiary/aromatic N) is 2. The number of hydrogen-bond donors (Lipinski definition) is 0. The molecule has 0 saturated carbocycles. The summed E-state index contributed by atoms with van der Waals surface area (Å²) >= 11 is 1.36. The van der Waals surface area contributed by atoms with Crippen molar-refractivity contribution < 1.29 is 9.63 Å². The monoisotopic (exact) mass is 260 g/mol. The fourth-order valence-corrected chi connectivity index (χ4v) is 2.25. The van der Waals surface area contributed by atoms with E-state index in [1.165, 1.54) is 24.0 Å². The van der Waals surface area contributed by atoms with Crippen molar-refractivity contribution in [2.24, 2.45) is 5.34 Å². The molecule has 1 heterocycles. The number of hydrogen-bond acceptors (Lipinski definition) is 6. The molecule has 6 heteroatoms. The number of pyridine rings is 1. The van der Waals surface area contributed by atoms with E-state index in [4.69, 9.17) is 0 Å². The molecular formula is C12H8N2O3S. The van der Waals surface area contributed by atoms with Gasteiger partial charge in [-0.05, 0) is 18.2 Å². The Balaban J connectivity index is 2.28. The molecule has 0 unspecified atom stereocenters. The van der Waals surface area contributed by atoms with Crippen LogP contribution in [0.25, 0.3) is 0 Å². The van der Waals surface area contributed by atoms with E-state index in [9.17, 15) is 9.70 Å². The molecule has 0 bridgehead atoms. The van der Waals surface area contributed by atoms with Gasteiger partial charge in [0.1, 0.15) is 0 Å². The Morgan fingerprint density at radius 2 is 2.00 bits per heavy atom. The lowest BCUT2D eigenvalue weighted by molar-refractivity contribution is 0.0504. The number of carbonyl (C=O) groups is 1. The van der Waals surface area contributed by atoms with Gasteiger partial charge in [-0.1, -0.05) is 30.0 Å². The van der Waals surface area contributed by atoms with Crippen LogP contribution in [0.4, 0.5) is 0 Å². The third kappa shape index (κ3) is 2.92. The summed E-state index contributed by atoms with van der Waals surface area (Å²) in [7, 11) is 0. The molecule has 1 aromatic heterocycles. The molecule has 2 rings (SSSR count). The van der Waals surface area contributed by atoms with Crippen LogP contribution < -0.4 is 0 Å². The van der Waals surface area contributed by atoms with Crippen LogP contribution in [0.15, 0.2) is 63.9 Å². The fourth-order valence-electron chi connectivity index (χ4n) is 1.33. The summed E-state index contributed by atoms with van der Waals surface area (Å²) in [5.41, 5.74) is 0.262. The maximum Gasteiger partial charge on any atom is 0.370 e. The molecule has 0 aliphatic heterocycles. The van der Waals surface area contributed by atoms with Gasteiger partial charge in [-0.3, -0.25) is 9.82 Å². The zero-order valence-electron chi connectivity index (χ0n) is 9.15. The van der Waals surface area contributed by atoms with Crippen LogP contribution in [0.3, 0.4) is 0 Å². The smallest absolute Gasteiger partial charge is 0.279 e. The zero-order valence-corrected chi connectivity index (χ0v) is 9.96. The van der Waals surface area contributed by atoms with E-state index in [0.29, 0.717) is 4.90 Å². The highest BCUT2D eigenvalue weighted by atomic mass is 32.2. The van der Waals surface area contributed by atoms with Crippen molar-refractivity contribution >= 4 is 17.7 Å². The normalized spacial score (nSPS) is 9.78. The van der Waals surface area contributed by atoms with Crippen molar-refractivity contribution in [1.29, 1.82) is 0 Å². The van der Waals surface area contributed by atoms with Crippen LogP contribution in [0, 0.1) is 4.91 Å². The van der Waals surface area contributed by atoms with Gasteiger partial charge in [-0.15, -0.1) is 4.91 Å². The summed E-state index contributed by atoms with van der Waals surface area (Å²) in [4.78, 5) is 31.0. The second-order valence-electron chi connectivity index (χ2n) is 3.24. The van der Waals surface area contributed by atoms with Crippen molar-refractivity contribution in [3.8, 4) is 0 Å². The zero-order chi connectivity index (χ0) is 12.8. The third-order valence-electron chi connectivity index (χ3n) is 2.10. The van der Waals surface area contributed by atoms with Crippen LogP contribution in [-0.4, -0.2) is 11.0 Å². The first kappa shape index (κ1) is 12.3. The van der Waals surface area contributed by atoms with Gasteiger partial charge in [0, 0.05) is 22.2 Å². The van der Waals surface area contributed by atoms with E-state index in [1.54, 1.807) is 6.20 Å². The van der Waals surface area contributed by atoms with Gasteiger partial charge < -0.3 is 0 Å². The lowest BCUT2D eigenvalue weighted by Gasteiger charge is -2.05. The Labute approximate surface area is 107 Å². The molecule has 0 N–H and O–H groups in total. The second kappa shape index (κ2) is 5.92. The van der Waals surface area contributed by atoms with Gasteiger partial charge in [0.15, 0.2) is 5.34 Å². The molecule has 5 nitrogen and oxygen atoms in total. The van der Waals surface area contributed by atoms with E-state index in [0.717, 1.165) is 4.90 Å². The molecule has 0 amide bonds. The molecule has 0 spiro atoms. The summed E-state index contributed by atoms with van der Waals surface area (Å²) in [5, 5.41) is 2.13. The molecule has 0 fully saturated rings. The van der Waals surface area contributed by atoms with Crippen LogP contribution in [-0.2, 0) is 4.84 Å². The topological polar surface area (TPSA) is 68.6 Å². The minimum Gasteiger partial charge on any atom is -0.279 e. The highest BCUT2D eigenvalue weighted by Gasteiger charge is 2.14. The molecule has 2 aromatic rings. The SMILES string of the molecule is O=NOC(=O)c1ccncc1Sc1ccccc1. The summed E-state index contributed by atoms with van der Waals surface area (Å²) in [6, 6.07) is 11.0. The minimum atomic E-state index is -0.786. The van der Waals surface area contributed by atoms with E-state index in [-0.39, 0.29) is 5.56 Å². The molecule has 0 aliphatic rings. The first-order valence-corrected chi connectivity index (χ1v) is 5.84. The number of aromatic nitrogens is 1. The van der Waals surface area contributed by atoms with Crippen molar-refractivity contribution in [2.45, 2.75) is 9.79 Å². The molecular weight excluding hydrogens is 252 g/mol. The maximum absolute atomic E-state index is 11.5. The lowest BCUT2D eigenvalue weighted by Crippen LogP contribution is -2.02.